The van der Waals surface area contributed by atoms with Crippen molar-refractivity contribution in [2.45, 2.75) is 51.7 Å². The highest BCUT2D eigenvalue weighted by Gasteiger charge is 2.40. The summed E-state index contributed by atoms with van der Waals surface area (Å²) >= 11 is 0. The Labute approximate surface area is 250 Å². The van der Waals surface area contributed by atoms with Crippen LogP contribution in [0.1, 0.15) is 49.8 Å². The van der Waals surface area contributed by atoms with E-state index in [1.165, 1.54) is 12.1 Å². The van der Waals surface area contributed by atoms with Gasteiger partial charge in [0, 0.05) is 56.7 Å². The van der Waals surface area contributed by atoms with Gasteiger partial charge in [0.2, 0.25) is 11.8 Å². The molecule has 3 atom stereocenters. The first-order valence-corrected chi connectivity index (χ1v) is 14.4. The van der Waals surface area contributed by atoms with Gasteiger partial charge in [0.05, 0.1) is 5.92 Å². The van der Waals surface area contributed by atoms with Gasteiger partial charge in [-0.3, -0.25) is 14.6 Å². The van der Waals surface area contributed by atoms with E-state index < -0.39 is 29.2 Å². The van der Waals surface area contributed by atoms with Crippen molar-refractivity contribution in [2.75, 3.05) is 25.0 Å². The number of carbonyl (C=O) groups is 3. The molecule has 8 nitrogen and oxygen atoms in total. The number of halogens is 2. The summed E-state index contributed by atoms with van der Waals surface area (Å²) in [5.41, 5.74) is 2.00. The van der Waals surface area contributed by atoms with Gasteiger partial charge in [-0.2, -0.15) is 0 Å². The molecule has 0 radical (unpaired) electrons. The van der Waals surface area contributed by atoms with Crippen LogP contribution in [0.15, 0.2) is 67.0 Å². The molecule has 2 aliphatic heterocycles. The van der Waals surface area contributed by atoms with Crippen molar-refractivity contribution in [3.63, 3.8) is 0 Å². The van der Waals surface area contributed by atoms with Gasteiger partial charge in [-0.15, -0.1) is 0 Å². The quantitative estimate of drug-likeness (QED) is 0.390. The van der Waals surface area contributed by atoms with Gasteiger partial charge in [-0.1, -0.05) is 18.2 Å². The minimum atomic E-state index is -0.700. The lowest BCUT2D eigenvalue weighted by atomic mass is 9.87. The van der Waals surface area contributed by atoms with E-state index in [0.717, 1.165) is 17.2 Å². The fourth-order valence-electron chi connectivity index (χ4n) is 5.96. The van der Waals surface area contributed by atoms with E-state index in [9.17, 15) is 23.2 Å². The summed E-state index contributed by atoms with van der Waals surface area (Å²) in [5.74, 6) is -2.88. The molecule has 3 amide bonds. The zero-order valence-electron chi connectivity index (χ0n) is 24.6. The van der Waals surface area contributed by atoms with E-state index >= 15 is 0 Å². The van der Waals surface area contributed by atoms with Crippen LogP contribution < -0.4 is 5.32 Å². The van der Waals surface area contributed by atoms with Crippen LogP contribution in [-0.2, 0) is 27.3 Å². The normalized spacial score (nSPS) is 19.9. The second-order valence-electron chi connectivity index (χ2n) is 12.4. The highest BCUT2D eigenvalue weighted by molar-refractivity contribution is 6.01. The lowest BCUT2D eigenvalue weighted by Crippen LogP contribution is -2.42. The molecule has 3 heterocycles. The third kappa shape index (κ3) is 7.55. The first-order valence-electron chi connectivity index (χ1n) is 14.4. The monoisotopic (exact) mass is 590 g/mol. The molecule has 0 spiro atoms. The third-order valence-corrected chi connectivity index (χ3v) is 7.84. The predicted molar refractivity (Wildman–Crippen MR) is 157 cm³/mol. The zero-order chi connectivity index (χ0) is 30.7. The molecule has 2 aliphatic rings. The molecule has 5 rings (SSSR count). The van der Waals surface area contributed by atoms with Crippen molar-refractivity contribution in [3.05, 3.63) is 95.3 Å². The average molecular weight is 591 g/mol. The third-order valence-electron chi connectivity index (χ3n) is 7.84. The molecule has 0 bridgehead atoms. The number of pyridine rings is 1. The molecular formula is C33H36F2N4O4. The Morgan fingerprint density at radius 3 is 2.37 bits per heavy atom. The van der Waals surface area contributed by atoms with Gasteiger partial charge in [0.1, 0.15) is 17.2 Å². The molecule has 1 fully saturated rings. The summed E-state index contributed by atoms with van der Waals surface area (Å²) in [6.45, 7) is 6.52. The van der Waals surface area contributed by atoms with Gasteiger partial charge in [-0.25, -0.2) is 13.6 Å². The first kappa shape index (κ1) is 30.1. The van der Waals surface area contributed by atoms with Crippen molar-refractivity contribution >= 4 is 23.6 Å². The van der Waals surface area contributed by atoms with E-state index in [-0.39, 0.29) is 43.2 Å². The molecule has 0 saturated carbocycles. The number of hydrogen-bond acceptors (Lipinski definition) is 5. The maximum atomic E-state index is 14.3. The minimum absolute atomic E-state index is 0.0173. The average Bonchev–Trinajstić information content (AvgIpc) is 3.33. The summed E-state index contributed by atoms with van der Waals surface area (Å²) in [5, 5.41) is 2.85. The van der Waals surface area contributed by atoms with Crippen LogP contribution >= 0.6 is 0 Å². The number of aromatic nitrogens is 1. The lowest BCUT2D eigenvalue weighted by Gasteiger charge is -2.33. The fourth-order valence-corrected chi connectivity index (χ4v) is 5.96. The molecule has 0 aliphatic carbocycles. The van der Waals surface area contributed by atoms with Crippen LogP contribution in [0.25, 0.3) is 0 Å². The van der Waals surface area contributed by atoms with E-state index in [1.807, 2.05) is 30.3 Å². The number of hydrogen-bond donors (Lipinski definition) is 1. The Morgan fingerprint density at radius 2 is 1.67 bits per heavy atom. The minimum Gasteiger partial charge on any atom is -0.444 e. The molecule has 3 unspecified atom stereocenters. The van der Waals surface area contributed by atoms with Gasteiger partial charge in [0.15, 0.2) is 0 Å². The maximum Gasteiger partial charge on any atom is 0.410 e. The Morgan fingerprint density at radius 1 is 1.00 bits per heavy atom. The van der Waals surface area contributed by atoms with Gasteiger partial charge < -0.3 is 19.9 Å². The Balaban J connectivity index is 1.45. The summed E-state index contributed by atoms with van der Waals surface area (Å²) < 4.78 is 33.8. The van der Waals surface area contributed by atoms with E-state index in [1.54, 1.807) is 49.0 Å². The largest absolute Gasteiger partial charge is 0.444 e. The molecular weight excluding hydrogens is 554 g/mol. The zero-order valence-corrected chi connectivity index (χ0v) is 24.6. The smallest absolute Gasteiger partial charge is 0.410 e. The lowest BCUT2D eigenvalue weighted by molar-refractivity contribution is -0.136. The summed E-state index contributed by atoms with van der Waals surface area (Å²) in [7, 11) is 0. The Bertz CT molecular complexity index is 1470. The second-order valence-corrected chi connectivity index (χ2v) is 12.4. The van der Waals surface area contributed by atoms with Crippen LogP contribution in [0.4, 0.5) is 19.3 Å². The number of benzene rings is 2. The van der Waals surface area contributed by atoms with Crippen molar-refractivity contribution in [2.24, 2.45) is 11.8 Å². The SMILES string of the molecule is CC(C)(C)OC(=O)N1CC(Cc2cc(F)cc(F)c2)C(CN(Cc2ccncc2)C(=O)C2CC(=O)Nc3ccccc32)C1. The molecule has 2 aromatic carbocycles. The van der Waals surface area contributed by atoms with Crippen molar-refractivity contribution in [3.8, 4) is 0 Å². The number of amides is 3. The van der Waals surface area contributed by atoms with Crippen molar-refractivity contribution in [1.29, 1.82) is 0 Å². The number of nitrogens with zero attached hydrogens (tertiary/aromatic N) is 3. The highest BCUT2D eigenvalue weighted by Crippen LogP contribution is 2.35. The van der Waals surface area contributed by atoms with Crippen LogP contribution in [-0.4, -0.2) is 57.9 Å². The molecule has 226 valence electrons. The van der Waals surface area contributed by atoms with Crippen LogP contribution in [0.2, 0.25) is 0 Å². The maximum absolute atomic E-state index is 14.3. The van der Waals surface area contributed by atoms with E-state index in [2.05, 4.69) is 10.3 Å². The number of anilines is 1. The number of ether oxygens (including phenoxy) is 1. The predicted octanol–water partition coefficient (Wildman–Crippen LogP) is 5.54. The molecule has 43 heavy (non-hydrogen) atoms. The number of fused-ring (bicyclic) bond motifs is 1. The molecule has 1 aromatic heterocycles. The van der Waals surface area contributed by atoms with Crippen LogP contribution in [0.5, 0.6) is 0 Å². The van der Waals surface area contributed by atoms with Crippen LogP contribution in [0.3, 0.4) is 0 Å². The summed E-state index contributed by atoms with van der Waals surface area (Å²) in [4.78, 5) is 47.4. The number of likely N-dealkylation sites (tertiary alicyclic amines) is 1. The second kappa shape index (κ2) is 12.5. The Kier molecular flexibility index (Phi) is 8.75. The van der Waals surface area contributed by atoms with Gasteiger partial charge in [0.25, 0.3) is 0 Å². The number of para-hydroxylation sites is 1. The standard InChI is InChI=1S/C33H36F2N4O4/c1-33(2,3)43-32(42)39-18-23(12-22-13-25(34)15-26(35)14-22)24(20-39)19-38(17-21-8-10-36-11-9-21)31(41)28-16-30(40)37-29-7-5-4-6-27(28)29/h4-11,13-15,23-24,28H,12,16-20H2,1-3H3,(H,37,40). The fraction of sp³-hybridized carbons (Fsp3) is 0.394. The van der Waals surface area contributed by atoms with Gasteiger partial charge in [-0.05, 0) is 86.1 Å². The number of nitrogens with one attached hydrogen (secondary N) is 1. The van der Waals surface area contributed by atoms with E-state index in [4.69, 9.17) is 4.74 Å². The number of carbonyl (C=O) groups excluding carboxylic acids is 3. The molecule has 3 aromatic rings. The molecule has 10 heteroatoms. The molecule has 1 N–H and O–H groups in total. The van der Waals surface area contributed by atoms with Crippen LogP contribution in [0, 0.1) is 23.5 Å². The van der Waals surface area contributed by atoms with Crippen molar-refractivity contribution < 1.29 is 27.9 Å². The van der Waals surface area contributed by atoms with Gasteiger partial charge >= 0.3 is 6.09 Å². The topological polar surface area (TPSA) is 91.8 Å². The highest BCUT2D eigenvalue weighted by atomic mass is 19.1. The summed E-state index contributed by atoms with van der Waals surface area (Å²) in [6.07, 6.45) is 3.16. The molecule has 1 saturated heterocycles. The van der Waals surface area contributed by atoms with E-state index in [0.29, 0.717) is 30.8 Å². The van der Waals surface area contributed by atoms with Crippen molar-refractivity contribution in [1.82, 2.24) is 14.8 Å². The number of rotatable bonds is 7. The summed E-state index contributed by atoms with van der Waals surface area (Å²) in [6, 6.07) is 14.4. The first-order chi connectivity index (χ1) is 20.4. The Hall–Kier alpha value is -4.34.